The van der Waals surface area contributed by atoms with Crippen LogP contribution in [0.25, 0.3) is 43.6 Å². The standard InChI is InChI=1S/C34H35NO/c1-20-14-22(18-33(2,3)4)25-17-29-30-24(26(25)15-20)12-13-35-31(30)27-16-21-10-8-9-11-23(21)28(32(27)36-29)19-34(5,6)7/h8-17H,18-19H2,1-7H3. The van der Waals surface area contributed by atoms with E-state index >= 15 is 0 Å². The molecule has 0 spiro atoms. The summed E-state index contributed by atoms with van der Waals surface area (Å²) in [6, 6.07) is 20.1. The fourth-order valence-electron chi connectivity index (χ4n) is 5.92. The van der Waals surface area contributed by atoms with E-state index in [9.17, 15) is 0 Å². The molecule has 0 saturated heterocycles. The molecule has 0 saturated carbocycles. The number of nitrogens with zero attached hydrogens (tertiary/aromatic N) is 1. The summed E-state index contributed by atoms with van der Waals surface area (Å²) < 4.78 is 6.92. The second-order valence-electron chi connectivity index (χ2n) is 13.0. The minimum absolute atomic E-state index is 0.127. The van der Waals surface area contributed by atoms with E-state index in [1.807, 2.05) is 6.20 Å². The Labute approximate surface area is 214 Å². The van der Waals surface area contributed by atoms with E-state index in [1.165, 1.54) is 43.6 Å². The normalized spacial score (nSPS) is 13.3. The van der Waals surface area contributed by atoms with Gasteiger partial charge in [-0.25, -0.2) is 0 Å². The minimum atomic E-state index is 0.127. The summed E-state index contributed by atoms with van der Waals surface area (Å²) in [5.41, 5.74) is 6.42. The van der Waals surface area contributed by atoms with Gasteiger partial charge in [0.1, 0.15) is 11.5 Å². The summed E-state index contributed by atoms with van der Waals surface area (Å²) in [7, 11) is 0. The number of pyridine rings is 1. The molecule has 0 unspecified atom stereocenters. The molecule has 2 heteroatoms. The number of ether oxygens (including phenoxy) is 1. The SMILES string of the molecule is Cc1cc(CC(C)(C)C)c2cc3c4c(nccc4c2c1)-c1cc2ccccc2c(CC(C)(C)C)c1O3. The second kappa shape index (κ2) is 7.80. The first kappa shape index (κ1) is 23.0. The maximum absolute atomic E-state index is 6.92. The Kier molecular flexibility index (Phi) is 4.99. The Morgan fingerprint density at radius 2 is 1.50 bits per heavy atom. The first-order chi connectivity index (χ1) is 17.0. The summed E-state index contributed by atoms with van der Waals surface area (Å²) in [6.45, 7) is 16.0. The summed E-state index contributed by atoms with van der Waals surface area (Å²) in [5.74, 6) is 1.90. The molecular weight excluding hydrogens is 438 g/mol. The van der Waals surface area contributed by atoms with Gasteiger partial charge in [-0.05, 0) is 81.3 Å². The van der Waals surface area contributed by atoms with Crippen LogP contribution < -0.4 is 4.74 Å². The van der Waals surface area contributed by atoms with Crippen molar-refractivity contribution in [3.05, 3.63) is 77.5 Å². The Hall–Kier alpha value is -3.39. The van der Waals surface area contributed by atoms with Crippen molar-refractivity contribution >= 4 is 32.3 Å². The first-order valence-corrected chi connectivity index (χ1v) is 13.1. The van der Waals surface area contributed by atoms with Gasteiger partial charge in [-0.3, -0.25) is 4.98 Å². The van der Waals surface area contributed by atoms with Crippen LogP contribution in [0.5, 0.6) is 11.5 Å². The summed E-state index contributed by atoms with van der Waals surface area (Å²) >= 11 is 0. The van der Waals surface area contributed by atoms with E-state index in [-0.39, 0.29) is 10.8 Å². The van der Waals surface area contributed by atoms with E-state index in [1.54, 1.807) is 0 Å². The van der Waals surface area contributed by atoms with Crippen LogP contribution in [0.3, 0.4) is 0 Å². The molecule has 0 atom stereocenters. The third-order valence-corrected chi connectivity index (χ3v) is 7.17. The largest absolute Gasteiger partial charge is 0.456 e. The van der Waals surface area contributed by atoms with Crippen LogP contribution in [-0.4, -0.2) is 4.98 Å². The lowest BCUT2D eigenvalue weighted by Gasteiger charge is -2.28. The number of rotatable bonds is 2. The average molecular weight is 474 g/mol. The van der Waals surface area contributed by atoms with Crippen LogP contribution >= 0.6 is 0 Å². The number of fused-ring (bicyclic) bond motifs is 5. The van der Waals surface area contributed by atoms with Gasteiger partial charge in [-0.15, -0.1) is 0 Å². The van der Waals surface area contributed by atoms with Crippen LogP contribution in [-0.2, 0) is 12.8 Å². The van der Waals surface area contributed by atoms with Gasteiger partial charge in [0.05, 0.1) is 11.1 Å². The molecule has 4 aromatic carbocycles. The highest BCUT2D eigenvalue weighted by Gasteiger charge is 2.29. The van der Waals surface area contributed by atoms with Crippen molar-refractivity contribution in [2.24, 2.45) is 10.8 Å². The third kappa shape index (κ3) is 3.84. The Morgan fingerprint density at radius 3 is 2.25 bits per heavy atom. The molecule has 36 heavy (non-hydrogen) atoms. The highest BCUT2D eigenvalue weighted by Crippen LogP contribution is 2.52. The van der Waals surface area contributed by atoms with E-state index in [0.717, 1.165) is 41.0 Å². The fraction of sp³-hybridized carbons (Fsp3) is 0.324. The molecular formula is C34H35NO. The van der Waals surface area contributed by atoms with E-state index in [2.05, 4.69) is 103 Å². The van der Waals surface area contributed by atoms with Crippen molar-refractivity contribution in [1.82, 2.24) is 4.98 Å². The quantitative estimate of drug-likeness (QED) is 0.233. The number of hydrogen-bond donors (Lipinski definition) is 0. The van der Waals surface area contributed by atoms with Gasteiger partial charge < -0.3 is 4.74 Å². The summed E-state index contributed by atoms with van der Waals surface area (Å²) in [6.07, 6.45) is 3.93. The first-order valence-electron chi connectivity index (χ1n) is 13.1. The van der Waals surface area contributed by atoms with Crippen molar-refractivity contribution in [3.63, 3.8) is 0 Å². The lowest BCUT2D eigenvalue weighted by Crippen LogP contribution is -2.12. The van der Waals surface area contributed by atoms with Crippen molar-refractivity contribution in [2.45, 2.75) is 61.3 Å². The number of aromatic nitrogens is 1. The average Bonchev–Trinajstić information content (AvgIpc) is 2.78. The second-order valence-corrected chi connectivity index (χ2v) is 13.0. The highest BCUT2D eigenvalue weighted by atomic mass is 16.5. The molecule has 0 N–H and O–H groups in total. The number of aryl methyl sites for hydroxylation is 1. The predicted molar refractivity (Wildman–Crippen MR) is 153 cm³/mol. The molecule has 5 aromatic rings. The zero-order chi connectivity index (χ0) is 25.4. The Balaban J connectivity index is 1.71. The molecule has 0 radical (unpaired) electrons. The number of hydrogen-bond acceptors (Lipinski definition) is 2. The van der Waals surface area contributed by atoms with Gasteiger partial charge >= 0.3 is 0 Å². The maximum atomic E-state index is 6.92. The van der Waals surface area contributed by atoms with Crippen LogP contribution in [0.4, 0.5) is 0 Å². The lowest BCUT2D eigenvalue weighted by molar-refractivity contribution is 0.400. The van der Waals surface area contributed by atoms with Crippen molar-refractivity contribution in [3.8, 4) is 22.8 Å². The fourth-order valence-corrected chi connectivity index (χ4v) is 5.92. The monoisotopic (exact) mass is 473 g/mol. The van der Waals surface area contributed by atoms with E-state index in [0.29, 0.717) is 0 Å². The molecule has 1 aliphatic heterocycles. The summed E-state index contributed by atoms with van der Waals surface area (Å²) in [4.78, 5) is 4.95. The van der Waals surface area contributed by atoms with Gasteiger partial charge in [0.15, 0.2) is 0 Å². The zero-order valence-electron chi connectivity index (χ0n) is 22.5. The highest BCUT2D eigenvalue weighted by molar-refractivity contribution is 6.17. The maximum Gasteiger partial charge on any atom is 0.140 e. The van der Waals surface area contributed by atoms with Gasteiger partial charge in [0.25, 0.3) is 0 Å². The predicted octanol–water partition coefficient (Wildman–Crippen LogP) is 9.80. The molecule has 2 nitrogen and oxygen atoms in total. The molecule has 6 rings (SSSR count). The van der Waals surface area contributed by atoms with E-state index in [4.69, 9.17) is 9.72 Å². The molecule has 0 bridgehead atoms. The van der Waals surface area contributed by atoms with Gasteiger partial charge in [0, 0.05) is 17.3 Å². The van der Waals surface area contributed by atoms with Crippen molar-refractivity contribution in [2.75, 3.05) is 0 Å². The van der Waals surface area contributed by atoms with Crippen LogP contribution in [0.2, 0.25) is 0 Å². The molecule has 2 heterocycles. The minimum Gasteiger partial charge on any atom is -0.456 e. The topological polar surface area (TPSA) is 22.1 Å². The molecule has 1 aromatic heterocycles. The Bertz CT molecular complexity index is 1680. The molecule has 0 amide bonds. The van der Waals surface area contributed by atoms with Crippen molar-refractivity contribution < 1.29 is 4.74 Å². The van der Waals surface area contributed by atoms with Crippen LogP contribution in [0.15, 0.2) is 60.8 Å². The number of benzene rings is 4. The van der Waals surface area contributed by atoms with Gasteiger partial charge in [-0.2, -0.15) is 0 Å². The van der Waals surface area contributed by atoms with Crippen molar-refractivity contribution in [1.29, 1.82) is 0 Å². The van der Waals surface area contributed by atoms with Gasteiger partial charge in [-0.1, -0.05) is 83.5 Å². The lowest BCUT2D eigenvalue weighted by atomic mass is 9.82. The molecule has 182 valence electrons. The van der Waals surface area contributed by atoms with Crippen LogP contribution in [0.1, 0.15) is 58.2 Å². The molecule has 1 aliphatic rings. The Morgan fingerprint density at radius 1 is 0.750 bits per heavy atom. The smallest absolute Gasteiger partial charge is 0.140 e. The van der Waals surface area contributed by atoms with E-state index < -0.39 is 0 Å². The summed E-state index contributed by atoms with van der Waals surface area (Å²) in [5, 5.41) is 7.44. The van der Waals surface area contributed by atoms with Crippen LogP contribution in [0, 0.1) is 17.8 Å². The zero-order valence-corrected chi connectivity index (χ0v) is 22.5. The molecule has 0 fully saturated rings. The molecule has 0 aliphatic carbocycles. The van der Waals surface area contributed by atoms with Gasteiger partial charge in [0.2, 0.25) is 0 Å². The third-order valence-electron chi connectivity index (χ3n) is 7.17.